The van der Waals surface area contributed by atoms with E-state index in [0.29, 0.717) is 11.5 Å². The Labute approximate surface area is 174 Å². The number of pyridine rings is 1. The highest BCUT2D eigenvalue weighted by Crippen LogP contribution is 2.40. The molecule has 1 fully saturated rings. The summed E-state index contributed by atoms with van der Waals surface area (Å²) < 4.78 is 3.58. The van der Waals surface area contributed by atoms with Crippen molar-refractivity contribution >= 4 is 16.9 Å². The molecule has 7 heteroatoms. The molecule has 5 rings (SSSR count). The number of amides is 1. The van der Waals surface area contributed by atoms with E-state index in [0.717, 1.165) is 46.6 Å². The lowest BCUT2D eigenvalue weighted by Crippen LogP contribution is -2.27. The van der Waals surface area contributed by atoms with Crippen LogP contribution in [0.2, 0.25) is 0 Å². The van der Waals surface area contributed by atoms with Gasteiger partial charge in [-0.3, -0.25) is 9.48 Å². The Morgan fingerprint density at radius 3 is 2.60 bits per heavy atom. The standard InChI is InChI=1S/C23H24N6O/c1-14(19-11-12-28(3)27-19)24-23(30)18-13-20(16-9-10-16)25-22-21(18)15(2)26-29(22)17-7-5-4-6-8-17/h4-8,11-14,16H,9-10H2,1-3H3,(H,24,30)/t14-/m1/s1. The zero-order valence-corrected chi connectivity index (χ0v) is 17.3. The van der Waals surface area contributed by atoms with E-state index in [1.807, 2.05) is 74.2 Å². The number of aromatic nitrogens is 5. The third-order valence-electron chi connectivity index (χ3n) is 5.60. The molecule has 3 heterocycles. The normalized spacial score (nSPS) is 14.8. The van der Waals surface area contributed by atoms with Crippen LogP contribution in [0.25, 0.3) is 16.7 Å². The summed E-state index contributed by atoms with van der Waals surface area (Å²) in [6.45, 7) is 3.87. The summed E-state index contributed by atoms with van der Waals surface area (Å²) in [5.74, 6) is 0.298. The molecule has 1 atom stereocenters. The van der Waals surface area contributed by atoms with E-state index in [2.05, 4.69) is 10.4 Å². The number of aryl methyl sites for hydroxylation is 2. The Hall–Kier alpha value is -3.48. The number of hydrogen-bond acceptors (Lipinski definition) is 4. The Balaban J connectivity index is 1.60. The molecule has 30 heavy (non-hydrogen) atoms. The molecule has 0 unspecified atom stereocenters. The molecule has 3 aromatic heterocycles. The summed E-state index contributed by atoms with van der Waals surface area (Å²) in [6.07, 6.45) is 4.10. The predicted molar refractivity (Wildman–Crippen MR) is 115 cm³/mol. The van der Waals surface area contributed by atoms with Gasteiger partial charge in [0.1, 0.15) is 0 Å². The van der Waals surface area contributed by atoms with E-state index in [-0.39, 0.29) is 11.9 Å². The SMILES string of the molecule is Cc1nn(-c2ccccc2)c2nc(C3CC3)cc(C(=O)N[C@H](C)c3ccn(C)n3)c12. The first-order chi connectivity index (χ1) is 14.5. The van der Waals surface area contributed by atoms with Crippen molar-refractivity contribution in [3.8, 4) is 5.69 Å². The lowest BCUT2D eigenvalue weighted by atomic mass is 10.1. The van der Waals surface area contributed by atoms with Gasteiger partial charge in [0.25, 0.3) is 5.91 Å². The Morgan fingerprint density at radius 1 is 1.17 bits per heavy atom. The van der Waals surface area contributed by atoms with Crippen LogP contribution in [0.4, 0.5) is 0 Å². The van der Waals surface area contributed by atoms with Crippen LogP contribution < -0.4 is 5.32 Å². The average Bonchev–Trinajstić information content (AvgIpc) is 3.43. The molecular weight excluding hydrogens is 376 g/mol. The van der Waals surface area contributed by atoms with Crippen LogP contribution in [0.15, 0.2) is 48.7 Å². The van der Waals surface area contributed by atoms with Crippen molar-refractivity contribution in [2.45, 2.75) is 38.6 Å². The fraction of sp³-hybridized carbons (Fsp3) is 0.304. The van der Waals surface area contributed by atoms with Crippen LogP contribution in [-0.4, -0.2) is 30.5 Å². The molecule has 0 radical (unpaired) electrons. The van der Waals surface area contributed by atoms with E-state index in [9.17, 15) is 4.79 Å². The van der Waals surface area contributed by atoms with Gasteiger partial charge >= 0.3 is 0 Å². The van der Waals surface area contributed by atoms with Crippen LogP contribution >= 0.6 is 0 Å². The number of hydrogen-bond donors (Lipinski definition) is 1. The predicted octanol–water partition coefficient (Wildman–Crippen LogP) is 3.83. The van der Waals surface area contributed by atoms with Crippen molar-refractivity contribution < 1.29 is 4.79 Å². The van der Waals surface area contributed by atoms with E-state index < -0.39 is 0 Å². The summed E-state index contributed by atoms with van der Waals surface area (Å²) in [5, 5.41) is 13.0. The number of para-hydroxylation sites is 1. The van der Waals surface area contributed by atoms with Crippen molar-refractivity contribution in [2.24, 2.45) is 7.05 Å². The molecule has 0 aliphatic heterocycles. The number of benzene rings is 1. The van der Waals surface area contributed by atoms with E-state index >= 15 is 0 Å². The van der Waals surface area contributed by atoms with E-state index in [1.165, 1.54) is 0 Å². The lowest BCUT2D eigenvalue weighted by molar-refractivity contribution is 0.0940. The molecule has 1 amide bonds. The summed E-state index contributed by atoms with van der Waals surface area (Å²) >= 11 is 0. The minimum atomic E-state index is -0.198. The molecule has 0 saturated heterocycles. The van der Waals surface area contributed by atoms with Gasteiger partial charge in [-0.25, -0.2) is 9.67 Å². The average molecular weight is 400 g/mol. The van der Waals surface area contributed by atoms with Crippen molar-refractivity contribution in [3.05, 3.63) is 71.3 Å². The maximum Gasteiger partial charge on any atom is 0.252 e. The number of nitrogens with zero attached hydrogens (tertiary/aromatic N) is 5. The van der Waals surface area contributed by atoms with Crippen molar-refractivity contribution in [3.63, 3.8) is 0 Å². The van der Waals surface area contributed by atoms with Crippen LogP contribution in [0, 0.1) is 6.92 Å². The maximum atomic E-state index is 13.3. The fourth-order valence-electron chi connectivity index (χ4n) is 3.84. The number of carbonyl (C=O) groups is 1. The number of nitrogens with one attached hydrogen (secondary N) is 1. The molecule has 1 saturated carbocycles. The molecule has 0 spiro atoms. The molecule has 4 aromatic rings. The van der Waals surface area contributed by atoms with E-state index in [1.54, 1.807) is 4.68 Å². The van der Waals surface area contributed by atoms with Gasteiger partial charge in [0.15, 0.2) is 5.65 Å². The smallest absolute Gasteiger partial charge is 0.252 e. The minimum Gasteiger partial charge on any atom is -0.344 e. The van der Waals surface area contributed by atoms with Gasteiger partial charge in [-0.1, -0.05) is 18.2 Å². The molecule has 1 N–H and O–H groups in total. The Morgan fingerprint density at radius 2 is 1.93 bits per heavy atom. The highest BCUT2D eigenvalue weighted by molar-refractivity contribution is 6.07. The monoisotopic (exact) mass is 400 g/mol. The molecule has 7 nitrogen and oxygen atoms in total. The third-order valence-corrected chi connectivity index (χ3v) is 5.60. The molecule has 152 valence electrons. The number of fused-ring (bicyclic) bond motifs is 1. The Kier molecular flexibility index (Phi) is 4.38. The van der Waals surface area contributed by atoms with E-state index in [4.69, 9.17) is 10.1 Å². The molecule has 0 bridgehead atoms. The number of rotatable bonds is 5. The second-order valence-corrected chi connectivity index (χ2v) is 8.01. The molecule has 1 aliphatic carbocycles. The van der Waals surface area contributed by atoms with Gasteiger partial charge in [0.2, 0.25) is 0 Å². The summed E-state index contributed by atoms with van der Waals surface area (Å²) in [7, 11) is 1.87. The first-order valence-corrected chi connectivity index (χ1v) is 10.3. The second-order valence-electron chi connectivity index (χ2n) is 8.01. The first kappa shape index (κ1) is 18.5. The van der Waals surface area contributed by atoms with Gasteiger partial charge < -0.3 is 5.32 Å². The van der Waals surface area contributed by atoms with Crippen molar-refractivity contribution in [1.29, 1.82) is 0 Å². The van der Waals surface area contributed by atoms with Crippen LogP contribution in [-0.2, 0) is 7.05 Å². The Bertz CT molecular complexity index is 1240. The van der Waals surface area contributed by atoms with Gasteiger partial charge in [-0.15, -0.1) is 0 Å². The van der Waals surface area contributed by atoms with Crippen molar-refractivity contribution in [2.75, 3.05) is 0 Å². The summed E-state index contributed by atoms with van der Waals surface area (Å²) in [6, 6.07) is 13.6. The highest BCUT2D eigenvalue weighted by atomic mass is 16.1. The largest absolute Gasteiger partial charge is 0.344 e. The van der Waals surface area contributed by atoms with Gasteiger partial charge in [0.05, 0.1) is 34.1 Å². The zero-order valence-electron chi connectivity index (χ0n) is 17.3. The zero-order chi connectivity index (χ0) is 20.8. The topological polar surface area (TPSA) is 77.6 Å². The lowest BCUT2D eigenvalue weighted by Gasteiger charge is -2.13. The molecular formula is C23H24N6O. The first-order valence-electron chi connectivity index (χ1n) is 10.3. The van der Waals surface area contributed by atoms with Gasteiger partial charge in [-0.2, -0.15) is 10.2 Å². The van der Waals surface area contributed by atoms with Crippen molar-refractivity contribution in [1.82, 2.24) is 29.9 Å². The van der Waals surface area contributed by atoms with Crippen LogP contribution in [0.1, 0.15) is 59.2 Å². The summed E-state index contributed by atoms with van der Waals surface area (Å²) in [5.41, 5.74) is 4.89. The third kappa shape index (κ3) is 3.26. The molecule has 1 aliphatic rings. The second kappa shape index (κ2) is 7.09. The van der Waals surface area contributed by atoms with Crippen LogP contribution in [0.5, 0.6) is 0 Å². The number of carbonyl (C=O) groups excluding carboxylic acids is 1. The maximum absolute atomic E-state index is 13.3. The van der Waals surface area contributed by atoms with Gasteiger partial charge in [-0.05, 0) is 51.0 Å². The van der Waals surface area contributed by atoms with Crippen LogP contribution in [0.3, 0.4) is 0 Å². The fourth-order valence-corrected chi connectivity index (χ4v) is 3.84. The highest BCUT2D eigenvalue weighted by Gasteiger charge is 2.29. The minimum absolute atomic E-state index is 0.127. The summed E-state index contributed by atoms with van der Waals surface area (Å²) in [4.78, 5) is 18.3. The molecule has 1 aromatic carbocycles. The quantitative estimate of drug-likeness (QED) is 0.552. The van der Waals surface area contributed by atoms with Gasteiger partial charge in [0, 0.05) is 24.9 Å².